The lowest BCUT2D eigenvalue weighted by Gasteiger charge is -2.29. The third-order valence-electron chi connectivity index (χ3n) is 5.55. The standard InChI is InChI=1S/C28H33ClO7/c1-4-15-28(2,3)36-27(33)23(17-25(31)34-18-20-11-7-5-8-12-20)22(16-24(29)30)26(32)35-19-21-13-9-6-10-14-21/h5-14,22-23H,4,15-19H2,1-3H3. The number of halogens is 1. The van der Waals surface area contributed by atoms with E-state index in [2.05, 4.69) is 0 Å². The first-order chi connectivity index (χ1) is 17.1. The van der Waals surface area contributed by atoms with Crippen LogP contribution in [0.3, 0.4) is 0 Å². The number of rotatable bonds is 14. The summed E-state index contributed by atoms with van der Waals surface area (Å²) in [7, 11) is 0. The van der Waals surface area contributed by atoms with Crippen LogP contribution in [0.15, 0.2) is 60.7 Å². The van der Waals surface area contributed by atoms with Gasteiger partial charge < -0.3 is 14.2 Å². The van der Waals surface area contributed by atoms with Gasteiger partial charge in [0.1, 0.15) is 18.8 Å². The van der Waals surface area contributed by atoms with E-state index in [4.69, 9.17) is 25.8 Å². The number of carbonyl (C=O) groups is 4. The molecular formula is C28H33ClO7. The van der Waals surface area contributed by atoms with Crippen LogP contribution in [0, 0.1) is 11.8 Å². The first-order valence-corrected chi connectivity index (χ1v) is 12.3. The molecular weight excluding hydrogens is 484 g/mol. The largest absolute Gasteiger partial charge is 0.461 e. The summed E-state index contributed by atoms with van der Waals surface area (Å²) >= 11 is 5.63. The summed E-state index contributed by atoms with van der Waals surface area (Å²) in [6.07, 6.45) is 0.368. The molecule has 0 aliphatic heterocycles. The second-order valence-corrected chi connectivity index (χ2v) is 9.57. The molecule has 2 atom stereocenters. The summed E-state index contributed by atoms with van der Waals surface area (Å²) in [4.78, 5) is 50.9. The van der Waals surface area contributed by atoms with E-state index in [1.165, 1.54) is 0 Å². The molecule has 0 spiro atoms. The molecule has 0 aliphatic carbocycles. The maximum Gasteiger partial charge on any atom is 0.310 e. The second-order valence-electron chi connectivity index (χ2n) is 9.15. The van der Waals surface area contributed by atoms with E-state index in [1.807, 2.05) is 31.2 Å². The minimum Gasteiger partial charge on any atom is -0.461 e. The Balaban J connectivity index is 2.23. The Bertz CT molecular complexity index is 1010. The highest BCUT2D eigenvalue weighted by Gasteiger charge is 2.41. The van der Waals surface area contributed by atoms with Crippen LogP contribution in [0.5, 0.6) is 0 Å². The highest BCUT2D eigenvalue weighted by molar-refractivity contribution is 6.63. The lowest BCUT2D eigenvalue weighted by molar-refractivity contribution is -0.173. The molecule has 0 saturated heterocycles. The Morgan fingerprint density at radius 3 is 1.78 bits per heavy atom. The Morgan fingerprint density at radius 1 is 0.778 bits per heavy atom. The van der Waals surface area contributed by atoms with E-state index < -0.39 is 53.4 Å². The van der Waals surface area contributed by atoms with E-state index in [0.29, 0.717) is 6.42 Å². The van der Waals surface area contributed by atoms with Gasteiger partial charge in [0, 0.05) is 6.42 Å². The molecule has 0 aromatic heterocycles. The van der Waals surface area contributed by atoms with E-state index in [-0.39, 0.29) is 13.2 Å². The molecule has 0 amide bonds. The summed E-state index contributed by atoms with van der Waals surface area (Å²) in [5.41, 5.74) is 0.665. The van der Waals surface area contributed by atoms with E-state index in [1.54, 1.807) is 50.2 Å². The van der Waals surface area contributed by atoms with Crippen LogP contribution in [0.25, 0.3) is 0 Å². The van der Waals surface area contributed by atoms with Crippen molar-refractivity contribution in [1.29, 1.82) is 0 Å². The zero-order valence-electron chi connectivity index (χ0n) is 20.9. The fourth-order valence-corrected chi connectivity index (χ4v) is 3.93. The molecule has 2 rings (SSSR count). The van der Waals surface area contributed by atoms with Gasteiger partial charge >= 0.3 is 17.9 Å². The highest BCUT2D eigenvalue weighted by Crippen LogP contribution is 2.28. The van der Waals surface area contributed by atoms with E-state index >= 15 is 0 Å². The molecule has 0 aliphatic rings. The normalized spacial score (nSPS) is 12.8. The topological polar surface area (TPSA) is 96.0 Å². The van der Waals surface area contributed by atoms with Crippen molar-refractivity contribution in [2.45, 2.75) is 65.3 Å². The highest BCUT2D eigenvalue weighted by atomic mass is 35.5. The SMILES string of the molecule is CCCC(C)(C)OC(=O)C(CC(=O)OCc1ccccc1)C(CC(=O)Cl)C(=O)OCc1ccccc1. The lowest BCUT2D eigenvalue weighted by Crippen LogP contribution is -2.39. The van der Waals surface area contributed by atoms with Gasteiger partial charge in [0.05, 0.1) is 18.3 Å². The zero-order valence-corrected chi connectivity index (χ0v) is 21.7. The van der Waals surface area contributed by atoms with Gasteiger partial charge in [-0.1, -0.05) is 74.0 Å². The summed E-state index contributed by atoms with van der Waals surface area (Å²) < 4.78 is 16.4. The van der Waals surface area contributed by atoms with Crippen molar-refractivity contribution in [2.75, 3.05) is 0 Å². The average molecular weight is 517 g/mol. The van der Waals surface area contributed by atoms with Crippen molar-refractivity contribution in [3.05, 3.63) is 71.8 Å². The predicted octanol–water partition coefficient (Wildman–Crippen LogP) is 5.37. The van der Waals surface area contributed by atoms with Gasteiger partial charge in [-0.25, -0.2) is 0 Å². The second kappa shape index (κ2) is 14.4. The number of hydrogen-bond donors (Lipinski definition) is 0. The van der Waals surface area contributed by atoms with Crippen LogP contribution in [-0.4, -0.2) is 28.8 Å². The van der Waals surface area contributed by atoms with Crippen molar-refractivity contribution < 1.29 is 33.4 Å². The van der Waals surface area contributed by atoms with Gasteiger partial charge in [-0.2, -0.15) is 0 Å². The quantitative estimate of drug-likeness (QED) is 0.189. The van der Waals surface area contributed by atoms with Gasteiger partial charge in [-0.15, -0.1) is 0 Å². The van der Waals surface area contributed by atoms with E-state index in [0.717, 1.165) is 17.5 Å². The van der Waals surface area contributed by atoms with Crippen molar-refractivity contribution in [3.8, 4) is 0 Å². The van der Waals surface area contributed by atoms with Crippen LogP contribution >= 0.6 is 11.6 Å². The third kappa shape index (κ3) is 10.2. The van der Waals surface area contributed by atoms with Crippen LogP contribution in [0.4, 0.5) is 0 Å². The minimum absolute atomic E-state index is 0.000323. The Hall–Kier alpha value is -3.19. The molecule has 7 nitrogen and oxygen atoms in total. The molecule has 36 heavy (non-hydrogen) atoms. The summed E-state index contributed by atoms with van der Waals surface area (Å²) in [6, 6.07) is 18.0. The molecule has 0 saturated carbocycles. The number of carbonyl (C=O) groups excluding carboxylic acids is 4. The lowest BCUT2D eigenvalue weighted by atomic mass is 9.86. The van der Waals surface area contributed by atoms with Crippen molar-refractivity contribution in [2.24, 2.45) is 11.8 Å². The van der Waals surface area contributed by atoms with Crippen LogP contribution in [-0.2, 0) is 46.6 Å². The number of hydrogen-bond acceptors (Lipinski definition) is 7. The summed E-state index contributed by atoms with van der Waals surface area (Å²) in [5.74, 6) is -4.94. The van der Waals surface area contributed by atoms with Crippen molar-refractivity contribution in [3.63, 3.8) is 0 Å². The molecule has 0 fully saturated rings. The first kappa shape index (κ1) is 29.0. The molecule has 0 N–H and O–H groups in total. The predicted molar refractivity (Wildman–Crippen MR) is 135 cm³/mol. The molecule has 8 heteroatoms. The van der Waals surface area contributed by atoms with Crippen molar-refractivity contribution >= 4 is 34.8 Å². The number of ether oxygens (including phenoxy) is 3. The van der Waals surface area contributed by atoms with Gasteiger partial charge in [-0.05, 0) is 43.0 Å². The number of benzene rings is 2. The van der Waals surface area contributed by atoms with Crippen LogP contribution < -0.4 is 0 Å². The first-order valence-electron chi connectivity index (χ1n) is 11.9. The fraction of sp³-hybridized carbons (Fsp3) is 0.429. The minimum atomic E-state index is -1.31. The van der Waals surface area contributed by atoms with Gasteiger partial charge in [0.25, 0.3) is 0 Å². The summed E-state index contributed by atoms with van der Waals surface area (Å²) in [5, 5.41) is -0.833. The van der Waals surface area contributed by atoms with Gasteiger partial charge in [-0.3, -0.25) is 19.2 Å². The van der Waals surface area contributed by atoms with Crippen molar-refractivity contribution in [1.82, 2.24) is 0 Å². The summed E-state index contributed by atoms with van der Waals surface area (Å²) in [6.45, 7) is 5.38. The van der Waals surface area contributed by atoms with Gasteiger partial charge in [0.2, 0.25) is 5.24 Å². The number of esters is 3. The Labute approximate surface area is 217 Å². The molecule has 0 bridgehead atoms. The maximum absolute atomic E-state index is 13.3. The Kier molecular flexibility index (Phi) is 11.6. The third-order valence-corrected chi connectivity index (χ3v) is 5.71. The van der Waals surface area contributed by atoms with Crippen LogP contribution in [0.1, 0.15) is 57.6 Å². The monoisotopic (exact) mass is 516 g/mol. The molecule has 0 heterocycles. The smallest absolute Gasteiger partial charge is 0.310 e. The molecule has 2 aromatic carbocycles. The fourth-order valence-electron chi connectivity index (χ4n) is 3.77. The molecule has 0 radical (unpaired) electrons. The van der Waals surface area contributed by atoms with E-state index in [9.17, 15) is 19.2 Å². The molecule has 2 unspecified atom stereocenters. The van der Waals surface area contributed by atoms with Crippen LogP contribution in [0.2, 0.25) is 0 Å². The Morgan fingerprint density at radius 2 is 1.28 bits per heavy atom. The average Bonchev–Trinajstić information content (AvgIpc) is 2.84. The molecule has 2 aromatic rings. The zero-order chi connectivity index (χ0) is 26.6. The maximum atomic E-state index is 13.3. The molecule has 194 valence electrons. The van der Waals surface area contributed by atoms with Gasteiger partial charge in [0.15, 0.2) is 0 Å².